The molecule has 80 valence electrons. The molecule has 1 nitrogen and oxygen atoms in total. The summed E-state index contributed by atoms with van der Waals surface area (Å²) in [5, 5.41) is 3.37. The van der Waals surface area contributed by atoms with Gasteiger partial charge in [0.25, 0.3) is 0 Å². The molecule has 0 unspecified atom stereocenters. The van der Waals surface area contributed by atoms with Gasteiger partial charge in [0.15, 0.2) is 0 Å². The predicted octanol–water partition coefficient (Wildman–Crippen LogP) is 2.56. The SMILES string of the molecule is C#Cc1ccc(C2CCNCC2)cc1.Cl. The van der Waals surface area contributed by atoms with Gasteiger partial charge >= 0.3 is 0 Å². The van der Waals surface area contributed by atoms with E-state index in [1.807, 2.05) is 12.1 Å². The van der Waals surface area contributed by atoms with Crippen molar-refractivity contribution in [3.05, 3.63) is 35.4 Å². The Balaban J connectivity index is 0.00000112. The first-order chi connectivity index (χ1) is 6.90. The Labute approximate surface area is 97.7 Å². The fourth-order valence-electron chi connectivity index (χ4n) is 2.01. The summed E-state index contributed by atoms with van der Waals surface area (Å²) in [7, 11) is 0. The largest absolute Gasteiger partial charge is 0.317 e. The van der Waals surface area contributed by atoms with Gasteiger partial charge in [-0.1, -0.05) is 18.1 Å². The van der Waals surface area contributed by atoms with Crippen LogP contribution in [0, 0.1) is 12.3 Å². The number of halogens is 1. The van der Waals surface area contributed by atoms with Gasteiger partial charge in [0.05, 0.1) is 0 Å². The molecule has 2 heteroatoms. The van der Waals surface area contributed by atoms with Crippen molar-refractivity contribution in [2.24, 2.45) is 0 Å². The van der Waals surface area contributed by atoms with E-state index in [0.717, 1.165) is 24.6 Å². The Hall–Kier alpha value is -0.970. The summed E-state index contributed by atoms with van der Waals surface area (Å²) in [5.41, 5.74) is 2.41. The highest BCUT2D eigenvalue weighted by molar-refractivity contribution is 5.85. The molecule has 0 atom stereocenters. The molecular weight excluding hydrogens is 206 g/mol. The Morgan fingerprint density at radius 1 is 1.13 bits per heavy atom. The third-order valence-corrected chi connectivity index (χ3v) is 2.89. The van der Waals surface area contributed by atoms with Crippen LogP contribution in [-0.4, -0.2) is 13.1 Å². The molecule has 0 aromatic heterocycles. The highest BCUT2D eigenvalue weighted by Gasteiger charge is 2.14. The minimum Gasteiger partial charge on any atom is -0.317 e. The summed E-state index contributed by atoms with van der Waals surface area (Å²) >= 11 is 0. The molecule has 0 bridgehead atoms. The second-order valence-corrected chi connectivity index (χ2v) is 3.79. The fraction of sp³-hybridized carbons (Fsp3) is 0.385. The normalized spacial score (nSPS) is 16.5. The van der Waals surface area contributed by atoms with Crippen LogP contribution in [0.3, 0.4) is 0 Å². The summed E-state index contributed by atoms with van der Waals surface area (Å²) in [4.78, 5) is 0. The standard InChI is InChI=1S/C13H15N.ClH/c1-2-11-3-5-12(6-4-11)13-7-9-14-10-8-13;/h1,3-6,13-14H,7-10H2;1H. The fourth-order valence-corrected chi connectivity index (χ4v) is 2.01. The first kappa shape index (κ1) is 12.1. The maximum absolute atomic E-state index is 5.32. The predicted molar refractivity (Wildman–Crippen MR) is 66.5 cm³/mol. The topological polar surface area (TPSA) is 12.0 Å². The van der Waals surface area contributed by atoms with Gasteiger partial charge in [-0.25, -0.2) is 0 Å². The van der Waals surface area contributed by atoms with Crippen molar-refractivity contribution in [2.75, 3.05) is 13.1 Å². The van der Waals surface area contributed by atoms with Crippen molar-refractivity contribution in [2.45, 2.75) is 18.8 Å². The minimum absolute atomic E-state index is 0. The first-order valence-corrected chi connectivity index (χ1v) is 5.17. The van der Waals surface area contributed by atoms with Crippen LogP contribution in [0.15, 0.2) is 24.3 Å². The Kier molecular flexibility index (Phi) is 4.68. The number of rotatable bonds is 1. The van der Waals surface area contributed by atoms with Gasteiger partial charge in [0.2, 0.25) is 0 Å². The maximum Gasteiger partial charge on any atom is 0.0242 e. The lowest BCUT2D eigenvalue weighted by Gasteiger charge is -2.22. The molecule has 1 aliphatic heterocycles. The molecule has 2 rings (SSSR count). The molecule has 1 aromatic carbocycles. The van der Waals surface area contributed by atoms with E-state index >= 15 is 0 Å². The zero-order valence-corrected chi connectivity index (χ0v) is 9.52. The summed E-state index contributed by atoms with van der Waals surface area (Å²) in [5.74, 6) is 3.37. The van der Waals surface area contributed by atoms with E-state index in [4.69, 9.17) is 6.42 Å². The highest BCUT2D eigenvalue weighted by atomic mass is 35.5. The molecule has 0 radical (unpaired) electrons. The van der Waals surface area contributed by atoms with E-state index in [2.05, 4.69) is 23.4 Å². The number of hydrogen-bond donors (Lipinski definition) is 1. The molecule has 15 heavy (non-hydrogen) atoms. The Bertz CT molecular complexity index is 331. The lowest BCUT2D eigenvalue weighted by molar-refractivity contribution is 0.460. The molecule has 1 aliphatic rings. The molecule has 1 aromatic rings. The van der Waals surface area contributed by atoms with Gasteiger partial charge in [-0.15, -0.1) is 18.8 Å². The van der Waals surface area contributed by atoms with Crippen molar-refractivity contribution >= 4 is 12.4 Å². The summed E-state index contributed by atoms with van der Waals surface area (Å²) in [6.45, 7) is 2.28. The van der Waals surface area contributed by atoms with Crippen LogP contribution in [0.1, 0.15) is 29.9 Å². The van der Waals surface area contributed by atoms with Crippen LogP contribution in [0.5, 0.6) is 0 Å². The van der Waals surface area contributed by atoms with Crippen molar-refractivity contribution < 1.29 is 0 Å². The van der Waals surface area contributed by atoms with Crippen LogP contribution in [0.25, 0.3) is 0 Å². The number of terminal acetylenes is 1. The quantitative estimate of drug-likeness (QED) is 0.719. The van der Waals surface area contributed by atoms with Crippen LogP contribution in [0.2, 0.25) is 0 Å². The Morgan fingerprint density at radius 2 is 1.73 bits per heavy atom. The minimum atomic E-state index is 0. The number of nitrogens with one attached hydrogen (secondary N) is 1. The Morgan fingerprint density at radius 3 is 2.27 bits per heavy atom. The van der Waals surface area contributed by atoms with Crippen molar-refractivity contribution in [1.82, 2.24) is 5.32 Å². The van der Waals surface area contributed by atoms with Crippen LogP contribution in [0.4, 0.5) is 0 Å². The van der Waals surface area contributed by atoms with Crippen molar-refractivity contribution in [3.63, 3.8) is 0 Å². The third kappa shape index (κ3) is 2.99. The lowest BCUT2D eigenvalue weighted by Crippen LogP contribution is -2.26. The molecule has 0 amide bonds. The van der Waals surface area contributed by atoms with Gasteiger partial charge in [0, 0.05) is 5.56 Å². The molecule has 0 saturated carbocycles. The van der Waals surface area contributed by atoms with E-state index in [-0.39, 0.29) is 12.4 Å². The van der Waals surface area contributed by atoms with Gasteiger partial charge in [-0.3, -0.25) is 0 Å². The first-order valence-electron chi connectivity index (χ1n) is 5.17. The van der Waals surface area contributed by atoms with Crippen molar-refractivity contribution in [3.8, 4) is 12.3 Å². The van der Waals surface area contributed by atoms with E-state index in [1.165, 1.54) is 18.4 Å². The van der Waals surface area contributed by atoms with Crippen molar-refractivity contribution in [1.29, 1.82) is 0 Å². The molecule has 1 heterocycles. The molecule has 0 aliphatic carbocycles. The van der Waals surface area contributed by atoms with Gasteiger partial charge in [-0.05, 0) is 49.5 Å². The zero-order valence-electron chi connectivity index (χ0n) is 8.70. The average Bonchev–Trinajstić information content (AvgIpc) is 2.30. The van der Waals surface area contributed by atoms with Crippen LogP contribution in [-0.2, 0) is 0 Å². The van der Waals surface area contributed by atoms with E-state index in [9.17, 15) is 0 Å². The van der Waals surface area contributed by atoms with Gasteiger partial charge < -0.3 is 5.32 Å². The average molecular weight is 222 g/mol. The molecule has 1 fully saturated rings. The highest BCUT2D eigenvalue weighted by Crippen LogP contribution is 2.24. The van der Waals surface area contributed by atoms with E-state index in [1.54, 1.807) is 0 Å². The third-order valence-electron chi connectivity index (χ3n) is 2.89. The van der Waals surface area contributed by atoms with Crippen LogP contribution >= 0.6 is 12.4 Å². The zero-order chi connectivity index (χ0) is 9.80. The second kappa shape index (κ2) is 5.80. The summed E-state index contributed by atoms with van der Waals surface area (Å²) in [6, 6.07) is 8.42. The number of piperidine rings is 1. The van der Waals surface area contributed by atoms with Gasteiger partial charge in [0.1, 0.15) is 0 Å². The second-order valence-electron chi connectivity index (χ2n) is 3.79. The van der Waals surface area contributed by atoms with E-state index in [0.29, 0.717) is 0 Å². The summed E-state index contributed by atoms with van der Waals surface area (Å²) < 4.78 is 0. The summed E-state index contributed by atoms with van der Waals surface area (Å²) in [6.07, 6.45) is 7.81. The maximum atomic E-state index is 5.32. The smallest absolute Gasteiger partial charge is 0.0242 e. The molecule has 1 N–H and O–H groups in total. The molecule has 0 spiro atoms. The lowest BCUT2D eigenvalue weighted by atomic mass is 9.90. The molecular formula is C13H16ClN. The monoisotopic (exact) mass is 221 g/mol. The van der Waals surface area contributed by atoms with Crippen LogP contribution < -0.4 is 5.32 Å². The van der Waals surface area contributed by atoms with E-state index < -0.39 is 0 Å². The number of hydrogen-bond acceptors (Lipinski definition) is 1. The van der Waals surface area contributed by atoms with Gasteiger partial charge in [-0.2, -0.15) is 0 Å². The number of benzene rings is 1. The molecule has 1 saturated heterocycles.